The summed E-state index contributed by atoms with van der Waals surface area (Å²) in [4.78, 5) is 13.9. The summed E-state index contributed by atoms with van der Waals surface area (Å²) in [5.74, 6) is -0.232. The second kappa shape index (κ2) is 12.3. The minimum atomic E-state index is -3.37. The lowest BCUT2D eigenvalue weighted by Crippen LogP contribution is -2.43. The molecule has 0 aromatic heterocycles. The van der Waals surface area contributed by atoms with Crippen LogP contribution < -0.4 is 0 Å². The van der Waals surface area contributed by atoms with Crippen molar-refractivity contribution in [3.05, 3.63) is 71.8 Å². The maximum absolute atomic E-state index is 13.9. The standard InChI is InChI=1S/C24H33O6P/c1-5-6-18-29-20(2)30-24(22-15-11-8-12-16-22,17-19-31(26,27-3)28-4)23(25)21-13-9-7-10-14-21/h7-16,20H,5-6,17-19H2,1-4H3. The monoisotopic (exact) mass is 448 g/mol. The van der Waals surface area contributed by atoms with E-state index >= 15 is 0 Å². The first-order valence-corrected chi connectivity index (χ1v) is 12.3. The highest BCUT2D eigenvalue weighted by Crippen LogP contribution is 2.50. The Labute approximate surface area is 185 Å². The predicted octanol–water partition coefficient (Wildman–Crippen LogP) is 5.82. The number of unbranched alkanes of at least 4 members (excludes halogenated alkanes) is 1. The van der Waals surface area contributed by atoms with E-state index in [1.165, 1.54) is 14.2 Å². The molecule has 0 saturated heterocycles. The molecule has 0 aliphatic carbocycles. The van der Waals surface area contributed by atoms with E-state index in [1.807, 2.05) is 36.4 Å². The molecule has 7 heteroatoms. The third kappa shape index (κ3) is 6.83. The maximum Gasteiger partial charge on any atom is 0.330 e. The normalized spacial score (nSPS) is 14.7. The van der Waals surface area contributed by atoms with Crippen molar-refractivity contribution < 1.29 is 27.9 Å². The van der Waals surface area contributed by atoms with Gasteiger partial charge in [0.1, 0.15) is 0 Å². The van der Waals surface area contributed by atoms with Crippen molar-refractivity contribution in [1.29, 1.82) is 0 Å². The van der Waals surface area contributed by atoms with Gasteiger partial charge in [-0.15, -0.1) is 0 Å². The number of ether oxygens (including phenoxy) is 2. The Morgan fingerprint density at radius 3 is 2.13 bits per heavy atom. The fourth-order valence-corrected chi connectivity index (χ4v) is 4.46. The number of Topliss-reactive ketones (excluding diaryl/α,β-unsaturated/α-hetero) is 1. The third-order valence-electron chi connectivity index (χ3n) is 5.15. The average Bonchev–Trinajstić information content (AvgIpc) is 2.82. The first-order valence-electron chi connectivity index (χ1n) is 10.6. The minimum absolute atomic E-state index is 0.00908. The molecule has 0 saturated carbocycles. The van der Waals surface area contributed by atoms with Gasteiger partial charge in [0.2, 0.25) is 0 Å². The van der Waals surface area contributed by atoms with Gasteiger partial charge in [0.05, 0.1) is 6.16 Å². The lowest BCUT2D eigenvalue weighted by Gasteiger charge is -2.36. The molecule has 31 heavy (non-hydrogen) atoms. The molecule has 170 valence electrons. The second-order valence-corrected chi connectivity index (χ2v) is 9.65. The van der Waals surface area contributed by atoms with Gasteiger partial charge in [-0.25, -0.2) is 0 Å². The molecular formula is C24H33O6P. The molecule has 2 unspecified atom stereocenters. The molecule has 0 N–H and O–H groups in total. The number of carbonyl (C=O) groups excluding carboxylic acids is 1. The van der Waals surface area contributed by atoms with Crippen molar-refractivity contribution in [1.82, 2.24) is 0 Å². The van der Waals surface area contributed by atoms with Gasteiger partial charge in [-0.1, -0.05) is 74.0 Å². The topological polar surface area (TPSA) is 71.1 Å². The highest BCUT2D eigenvalue weighted by atomic mass is 31.2. The van der Waals surface area contributed by atoms with Crippen molar-refractivity contribution in [2.75, 3.05) is 27.0 Å². The number of carbonyl (C=O) groups is 1. The SMILES string of the molecule is CCCCOC(C)OC(CCP(=O)(OC)OC)(C(=O)c1ccccc1)c1ccccc1. The van der Waals surface area contributed by atoms with E-state index in [1.54, 1.807) is 31.2 Å². The Morgan fingerprint density at radius 2 is 1.58 bits per heavy atom. The lowest BCUT2D eigenvalue weighted by molar-refractivity contribution is -0.190. The highest BCUT2D eigenvalue weighted by Gasteiger charge is 2.45. The van der Waals surface area contributed by atoms with Crippen LogP contribution in [0.25, 0.3) is 0 Å². The number of hydrogen-bond acceptors (Lipinski definition) is 6. The van der Waals surface area contributed by atoms with Crippen LogP contribution in [0.15, 0.2) is 60.7 Å². The molecule has 0 bridgehead atoms. The van der Waals surface area contributed by atoms with E-state index in [0.29, 0.717) is 17.7 Å². The summed E-state index contributed by atoms with van der Waals surface area (Å²) >= 11 is 0. The molecule has 0 amide bonds. The molecule has 0 aliphatic rings. The van der Waals surface area contributed by atoms with Gasteiger partial charge in [0.15, 0.2) is 17.7 Å². The van der Waals surface area contributed by atoms with E-state index in [9.17, 15) is 9.36 Å². The van der Waals surface area contributed by atoms with Crippen LogP contribution in [0.5, 0.6) is 0 Å². The number of rotatable bonds is 14. The fraction of sp³-hybridized carbons (Fsp3) is 0.458. The van der Waals surface area contributed by atoms with E-state index in [-0.39, 0.29) is 18.4 Å². The molecule has 6 nitrogen and oxygen atoms in total. The van der Waals surface area contributed by atoms with Gasteiger partial charge in [-0.2, -0.15) is 0 Å². The second-order valence-electron chi connectivity index (χ2n) is 7.25. The summed E-state index contributed by atoms with van der Waals surface area (Å²) in [5.41, 5.74) is -0.258. The predicted molar refractivity (Wildman–Crippen MR) is 121 cm³/mol. The van der Waals surface area contributed by atoms with Crippen molar-refractivity contribution in [3.8, 4) is 0 Å². The Morgan fingerprint density at radius 1 is 1.00 bits per heavy atom. The molecule has 0 radical (unpaired) electrons. The van der Waals surface area contributed by atoms with Crippen molar-refractivity contribution >= 4 is 13.4 Å². The zero-order valence-corrected chi connectivity index (χ0v) is 19.7. The van der Waals surface area contributed by atoms with Crippen LogP contribution in [-0.2, 0) is 28.7 Å². The molecule has 0 aliphatic heterocycles. The van der Waals surface area contributed by atoms with Gasteiger partial charge in [-0.3, -0.25) is 9.36 Å². The van der Waals surface area contributed by atoms with Gasteiger partial charge >= 0.3 is 7.60 Å². The van der Waals surface area contributed by atoms with Crippen LogP contribution in [0.4, 0.5) is 0 Å². The molecular weight excluding hydrogens is 415 g/mol. The summed E-state index contributed by atoms with van der Waals surface area (Å²) in [6.45, 7) is 4.38. The first kappa shape index (κ1) is 25.4. The van der Waals surface area contributed by atoms with Crippen molar-refractivity contribution in [2.45, 2.75) is 45.0 Å². The number of hydrogen-bond donors (Lipinski definition) is 0. The lowest BCUT2D eigenvalue weighted by atomic mass is 9.83. The van der Waals surface area contributed by atoms with Crippen LogP contribution in [0.2, 0.25) is 0 Å². The summed E-state index contributed by atoms with van der Waals surface area (Å²) in [5, 5.41) is 0. The van der Waals surface area contributed by atoms with E-state index < -0.39 is 19.5 Å². The smallest absolute Gasteiger partial charge is 0.330 e. The van der Waals surface area contributed by atoms with E-state index in [4.69, 9.17) is 18.5 Å². The van der Waals surface area contributed by atoms with E-state index in [2.05, 4.69) is 6.92 Å². The Bertz CT molecular complexity index is 834. The van der Waals surface area contributed by atoms with Crippen LogP contribution in [0.1, 0.15) is 49.0 Å². The van der Waals surface area contributed by atoms with Gasteiger partial charge in [-0.05, 0) is 25.3 Å². The summed E-state index contributed by atoms with van der Waals surface area (Å²) in [6, 6.07) is 18.2. The summed E-state index contributed by atoms with van der Waals surface area (Å²) in [7, 11) is -0.696. The fourth-order valence-electron chi connectivity index (χ4n) is 3.36. The molecule has 0 fully saturated rings. The molecule has 0 spiro atoms. The summed E-state index contributed by atoms with van der Waals surface area (Å²) < 4.78 is 35.3. The number of ketones is 1. The van der Waals surface area contributed by atoms with Crippen LogP contribution in [0.3, 0.4) is 0 Å². The van der Waals surface area contributed by atoms with Crippen molar-refractivity contribution in [2.24, 2.45) is 0 Å². The third-order valence-corrected chi connectivity index (χ3v) is 7.04. The largest absolute Gasteiger partial charge is 0.353 e. The minimum Gasteiger partial charge on any atom is -0.353 e. The molecule has 2 rings (SSSR count). The average molecular weight is 448 g/mol. The summed E-state index contributed by atoms with van der Waals surface area (Å²) in [6.07, 6.45) is 1.34. The van der Waals surface area contributed by atoms with E-state index in [0.717, 1.165) is 12.8 Å². The van der Waals surface area contributed by atoms with Crippen LogP contribution in [0, 0.1) is 0 Å². The number of benzene rings is 2. The van der Waals surface area contributed by atoms with Crippen LogP contribution >= 0.6 is 7.60 Å². The van der Waals surface area contributed by atoms with Gasteiger partial charge in [0, 0.05) is 26.4 Å². The van der Waals surface area contributed by atoms with Gasteiger partial charge in [0.25, 0.3) is 0 Å². The first-order chi connectivity index (χ1) is 14.9. The molecule has 2 atom stereocenters. The Kier molecular flexibility index (Phi) is 10.1. The molecule has 2 aromatic rings. The molecule has 0 heterocycles. The van der Waals surface area contributed by atoms with Crippen molar-refractivity contribution in [3.63, 3.8) is 0 Å². The highest BCUT2D eigenvalue weighted by molar-refractivity contribution is 7.53. The Balaban J connectivity index is 2.51. The zero-order valence-electron chi connectivity index (χ0n) is 18.8. The molecule has 2 aromatic carbocycles. The Hall–Kier alpha value is -1.82. The maximum atomic E-state index is 13.9. The van der Waals surface area contributed by atoms with Gasteiger partial charge < -0.3 is 18.5 Å². The quantitative estimate of drug-likeness (QED) is 0.157. The van der Waals surface area contributed by atoms with Crippen LogP contribution in [-0.4, -0.2) is 39.1 Å². The zero-order chi connectivity index (χ0) is 22.7.